The fourth-order valence-electron chi connectivity index (χ4n) is 5.43. The van der Waals surface area contributed by atoms with Crippen molar-refractivity contribution in [3.8, 4) is 11.3 Å². The molecule has 4 heterocycles. The molecule has 148 valence electrons. The first-order valence-corrected chi connectivity index (χ1v) is 10.5. The third kappa shape index (κ3) is 2.73. The van der Waals surface area contributed by atoms with E-state index in [1.54, 1.807) is 0 Å². The largest absolute Gasteiger partial charge is 0.366 e. The molecule has 29 heavy (non-hydrogen) atoms. The summed E-state index contributed by atoms with van der Waals surface area (Å²) in [7, 11) is 2.05. The number of H-pyrrole nitrogens is 1. The van der Waals surface area contributed by atoms with E-state index in [9.17, 15) is 4.39 Å². The van der Waals surface area contributed by atoms with Crippen molar-refractivity contribution >= 4 is 27.8 Å². The Labute approximate surface area is 168 Å². The van der Waals surface area contributed by atoms with E-state index in [-0.39, 0.29) is 5.82 Å². The van der Waals surface area contributed by atoms with Gasteiger partial charge in [0.15, 0.2) is 0 Å². The van der Waals surface area contributed by atoms with Crippen molar-refractivity contribution in [3.63, 3.8) is 0 Å². The fraction of sp³-hybridized carbons (Fsp3) is 0.391. The SMILES string of the molecule is Cn1ccc2c(NC3CC4CCC3CC4)nc(-c3c[nH]c4ncc(F)cc34)cc21. The van der Waals surface area contributed by atoms with Crippen molar-refractivity contribution in [2.75, 3.05) is 5.32 Å². The van der Waals surface area contributed by atoms with Crippen molar-refractivity contribution in [1.29, 1.82) is 0 Å². The predicted octanol–water partition coefficient (Wildman–Crippen LogP) is 5.25. The maximum absolute atomic E-state index is 13.8. The second-order valence-corrected chi connectivity index (χ2v) is 8.73. The zero-order valence-electron chi connectivity index (χ0n) is 16.5. The van der Waals surface area contributed by atoms with Gasteiger partial charge in [-0.25, -0.2) is 14.4 Å². The normalized spacial score (nSPS) is 23.9. The highest BCUT2D eigenvalue weighted by Crippen LogP contribution is 2.43. The lowest BCUT2D eigenvalue weighted by Crippen LogP contribution is -2.40. The lowest BCUT2D eigenvalue weighted by Gasteiger charge is -2.42. The number of fused-ring (bicyclic) bond motifs is 5. The molecule has 3 aliphatic rings. The highest BCUT2D eigenvalue weighted by Gasteiger charge is 2.35. The molecule has 0 aromatic carbocycles. The molecule has 0 saturated heterocycles. The monoisotopic (exact) mass is 389 g/mol. The number of anilines is 1. The number of rotatable bonds is 3. The van der Waals surface area contributed by atoms with Crippen molar-refractivity contribution in [2.24, 2.45) is 18.9 Å². The van der Waals surface area contributed by atoms with Gasteiger partial charge in [0, 0.05) is 41.8 Å². The average Bonchev–Trinajstić information content (AvgIpc) is 3.32. The van der Waals surface area contributed by atoms with Gasteiger partial charge in [0.25, 0.3) is 0 Å². The van der Waals surface area contributed by atoms with Gasteiger partial charge >= 0.3 is 0 Å². The van der Waals surface area contributed by atoms with Gasteiger partial charge < -0.3 is 14.9 Å². The van der Waals surface area contributed by atoms with Crippen LogP contribution in [0.4, 0.5) is 10.2 Å². The van der Waals surface area contributed by atoms with Crippen LogP contribution in [-0.2, 0) is 7.05 Å². The van der Waals surface area contributed by atoms with Gasteiger partial charge in [-0.3, -0.25) is 0 Å². The number of pyridine rings is 2. The highest BCUT2D eigenvalue weighted by atomic mass is 19.1. The molecule has 0 aliphatic heterocycles. The molecule has 0 amide bonds. The molecular weight excluding hydrogens is 365 g/mol. The van der Waals surface area contributed by atoms with Gasteiger partial charge in [-0.15, -0.1) is 0 Å². The van der Waals surface area contributed by atoms with Gasteiger partial charge in [0.2, 0.25) is 0 Å². The Kier molecular flexibility index (Phi) is 3.70. The number of aryl methyl sites for hydroxylation is 1. The maximum atomic E-state index is 13.8. The predicted molar refractivity (Wildman–Crippen MR) is 113 cm³/mol. The Morgan fingerprint density at radius 1 is 1.17 bits per heavy atom. The van der Waals surface area contributed by atoms with E-state index < -0.39 is 0 Å². The molecule has 6 heteroatoms. The van der Waals surface area contributed by atoms with Crippen LogP contribution in [0.15, 0.2) is 36.8 Å². The standard InChI is InChI=1S/C23H24FN5/c1-29-7-6-16-21(29)10-20(18-12-26-22-17(18)9-15(24)11-25-22)28-23(16)27-19-8-13-2-4-14(19)5-3-13/h6-7,9-14,19H,2-5,8H2,1H3,(H,25,26)(H,27,28). The van der Waals surface area contributed by atoms with E-state index in [0.29, 0.717) is 11.7 Å². The molecule has 0 spiro atoms. The molecule has 5 nitrogen and oxygen atoms in total. The van der Waals surface area contributed by atoms with Crippen molar-refractivity contribution in [1.82, 2.24) is 19.5 Å². The second kappa shape index (κ2) is 6.31. The van der Waals surface area contributed by atoms with Crippen molar-refractivity contribution in [2.45, 2.75) is 38.1 Å². The van der Waals surface area contributed by atoms with Crippen molar-refractivity contribution < 1.29 is 4.39 Å². The molecule has 7 rings (SSSR count). The lowest BCUT2D eigenvalue weighted by molar-refractivity contribution is 0.157. The summed E-state index contributed by atoms with van der Waals surface area (Å²) < 4.78 is 16.0. The summed E-state index contributed by atoms with van der Waals surface area (Å²) in [5, 5.41) is 5.70. The lowest BCUT2D eigenvalue weighted by atomic mass is 9.68. The van der Waals surface area contributed by atoms with Crippen LogP contribution in [0, 0.1) is 17.7 Å². The number of hydrogen-bond donors (Lipinski definition) is 2. The van der Waals surface area contributed by atoms with Gasteiger partial charge in [-0.1, -0.05) is 12.8 Å². The molecule has 1 atom stereocenters. The van der Waals surface area contributed by atoms with E-state index in [1.807, 2.05) is 6.20 Å². The smallest absolute Gasteiger partial charge is 0.142 e. The third-order valence-corrected chi connectivity index (χ3v) is 7.03. The van der Waals surface area contributed by atoms with Gasteiger partial charge in [-0.2, -0.15) is 0 Å². The summed E-state index contributed by atoms with van der Waals surface area (Å²) in [4.78, 5) is 12.3. The van der Waals surface area contributed by atoms with Crippen LogP contribution in [0.2, 0.25) is 0 Å². The third-order valence-electron chi connectivity index (χ3n) is 7.03. The first-order chi connectivity index (χ1) is 14.2. The fourth-order valence-corrected chi connectivity index (χ4v) is 5.43. The molecule has 0 radical (unpaired) electrons. The number of halogens is 1. The van der Waals surface area contributed by atoms with E-state index >= 15 is 0 Å². The number of aromatic amines is 1. The number of aromatic nitrogens is 4. The topological polar surface area (TPSA) is 58.5 Å². The molecule has 3 saturated carbocycles. The quantitative estimate of drug-likeness (QED) is 0.503. The summed E-state index contributed by atoms with van der Waals surface area (Å²) >= 11 is 0. The summed E-state index contributed by atoms with van der Waals surface area (Å²) in [6, 6.07) is 6.24. The van der Waals surface area contributed by atoms with Crippen LogP contribution in [0.5, 0.6) is 0 Å². The van der Waals surface area contributed by atoms with Crippen LogP contribution in [0.1, 0.15) is 32.1 Å². The Bertz CT molecular complexity index is 1210. The molecule has 4 aromatic rings. The average molecular weight is 389 g/mol. The minimum atomic E-state index is -0.338. The number of hydrogen-bond acceptors (Lipinski definition) is 3. The minimum Gasteiger partial charge on any atom is -0.366 e. The van der Waals surface area contributed by atoms with E-state index in [4.69, 9.17) is 4.98 Å². The van der Waals surface area contributed by atoms with Gasteiger partial charge in [0.1, 0.15) is 17.3 Å². The summed E-state index contributed by atoms with van der Waals surface area (Å²) in [6.45, 7) is 0. The molecule has 1 unspecified atom stereocenters. The minimum absolute atomic E-state index is 0.338. The first-order valence-electron chi connectivity index (χ1n) is 10.5. The highest BCUT2D eigenvalue weighted by molar-refractivity contribution is 5.98. The van der Waals surface area contributed by atoms with Crippen LogP contribution >= 0.6 is 0 Å². The summed E-state index contributed by atoms with van der Waals surface area (Å²) in [6.07, 6.45) is 11.8. The number of nitrogens with zero attached hydrogens (tertiary/aromatic N) is 3. The zero-order valence-corrected chi connectivity index (χ0v) is 16.5. The van der Waals surface area contributed by atoms with Crippen molar-refractivity contribution in [3.05, 3.63) is 42.6 Å². The molecule has 3 aliphatic carbocycles. The Morgan fingerprint density at radius 2 is 2.03 bits per heavy atom. The molecule has 2 bridgehead atoms. The summed E-state index contributed by atoms with van der Waals surface area (Å²) in [5.74, 6) is 2.20. The van der Waals surface area contributed by atoms with Crippen LogP contribution in [0.3, 0.4) is 0 Å². The Balaban J connectivity index is 1.48. The zero-order chi connectivity index (χ0) is 19.5. The van der Waals surface area contributed by atoms with Gasteiger partial charge in [0.05, 0.1) is 17.4 Å². The second-order valence-electron chi connectivity index (χ2n) is 8.73. The van der Waals surface area contributed by atoms with Crippen LogP contribution in [0.25, 0.3) is 33.2 Å². The Morgan fingerprint density at radius 3 is 2.83 bits per heavy atom. The van der Waals surface area contributed by atoms with Crippen LogP contribution < -0.4 is 5.32 Å². The Hall–Kier alpha value is -2.89. The molecule has 4 aromatic heterocycles. The maximum Gasteiger partial charge on any atom is 0.142 e. The van der Waals surface area contributed by atoms with E-state index in [1.165, 1.54) is 44.4 Å². The van der Waals surface area contributed by atoms with E-state index in [0.717, 1.165) is 45.2 Å². The molecular formula is C23H24FN5. The molecule has 3 fully saturated rings. The van der Waals surface area contributed by atoms with E-state index in [2.05, 4.69) is 45.2 Å². The van der Waals surface area contributed by atoms with Crippen LogP contribution in [-0.4, -0.2) is 25.6 Å². The molecule has 2 N–H and O–H groups in total. The number of nitrogens with one attached hydrogen (secondary N) is 2. The summed E-state index contributed by atoms with van der Waals surface area (Å²) in [5.41, 5.74) is 3.51. The van der Waals surface area contributed by atoms with Gasteiger partial charge in [-0.05, 0) is 49.3 Å². The first kappa shape index (κ1) is 17.0.